The Kier molecular flexibility index (Phi) is 3.31. The summed E-state index contributed by atoms with van der Waals surface area (Å²) in [5, 5.41) is 4.20. The van der Waals surface area contributed by atoms with Gasteiger partial charge in [-0.2, -0.15) is 0 Å². The Bertz CT molecular complexity index is 801. The highest BCUT2D eigenvalue weighted by Crippen LogP contribution is 2.27. The standard InChI is InChI=1S/C16H16N4O/c1-10-7-12(4-6-15(10)21-2)20-16-13-8-11(17)3-5-14(13)18-9-19-16/h3-9H,17H2,1-2H3,(H,18,19,20). The van der Waals surface area contributed by atoms with Crippen LogP contribution in [0.5, 0.6) is 5.75 Å². The number of ether oxygens (including phenoxy) is 1. The van der Waals surface area contributed by atoms with Gasteiger partial charge in [-0.1, -0.05) is 0 Å². The Hall–Kier alpha value is -2.82. The van der Waals surface area contributed by atoms with Gasteiger partial charge < -0.3 is 15.8 Å². The Morgan fingerprint density at radius 2 is 1.95 bits per heavy atom. The molecule has 0 amide bonds. The molecule has 106 valence electrons. The molecule has 3 rings (SSSR count). The molecule has 0 aliphatic heterocycles. The first-order valence-electron chi connectivity index (χ1n) is 6.59. The van der Waals surface area contributed by atoms with Gasteiger partial charge in [-0.15, -0.1) is 0 Å². The third kappa shape index (κ3) is 2.58. The molecule has 0 fully saturated rings. The van der Waals surface area contributed by atoms with Crippen molar-refractivity contribution >= 4 is 28.1 Å². The van der Waals surface area contributed by atoms with Gasteiger partial charge in [0.05, 0.1) is 12.6 Å². The van der Waals surface area contributed by atoms with Gasteiger partial charge in [-0.3, -0.25) is 0 Å². The summed E-state index contributed by atoms with van der Waals surface area (Å²) in [6.45, 7) is 2.00. The average Bonchev–Trinajstić information content (AvgIpc) is 2.48. The molecule has 0 saturated carbocycles. The van der Waals surface area contributed by atoms with Crippen LogP contribution in [0.2, 0.25) is 0 Å². The van der Waals surface area contributed by atoms with Crippen LogP contribution in [0.4, 0.5) is 17.2 Å². The maximum absolute atomic E-state index is 5.85. The monoisotopic (exact) mass is 280 g/mol. The van der Waals surface area contributed by atoms with Crippen LogP contribution >= 0.6 is 0 Å². The summed E-state index contributed by atoms with van der Waals surface area (Å²) in [7, 11) is 1.66. The summed E-state index contributed by atoms with van der Waals surface area (Å²) in [6.07, 6.45) is 1.54. The molecule has 2 aromatic carbocycles. The van der Waals surface area contributed by atoms with Gasteiger partial charge in [-0.25, -0.2) is 9.97 Å². The molecule has 0 bridgehead atoms. The molecule has 5 nitrogen and oxygen atoms in total. The number of nitrogens with zero attached hydrogens (tertiary/aromatic N) is 2. The Labute approximate surface area is 122 Å². The van der Waals surface area contributed by atoms with Crippen molar-refractivity contribution in [2.24, 2.45) is 0 Å². The number of aromatic nitrogens is 2. The first-order chi connectivity index (χ1) is 10.2. The molecular weight excluding hydrogens is 264 g/mol. The van der Waals surface area contributed by atoms with E-state index in [0.717, 1.165) is 33.7 Å². The predicted octanol–water partition coefficient (Wildman–Crippen LogP) is 3.27. The molecule has 1 aromatic heterocycles. The molecule has 3 N–H and O–H groups in total. The molecule has 0 aliphatic rings. The van der Waals surface area contributed by atoms with Crippen LogP contribution in [-0.4, -0.2) is 17.1 Å². The summed E-state index contributed by atoms with van der Waals surface area (Å²) in [5.74, 6) is 1.59. The lowest BCUT2D eigenvalue weighted by Gasteiger charge is -2.11. The number of methoxy groups -OCH3 is 1. The molecule has 21 heavy (non-hydrogen) atoms. The van der Waals surface area contributed by atoms with E-state index < -0.39 is 0 Å². The predicted molar refractivity (Wildman–Crippen MR) is 85.0 cm³/mol. The number of hydrogen-bond donors (Lipinski definition) is 2. The zero-order chi connectivity index (χ0) is 14.8. The Morgan fingerprint density at radius 1 is 1.10 bits per heavy atom. The van der Waals surface area contributed by atoms with E-state index in [4.69, 9.17) is 10.5 Å². The van der Waals surface area contributed by atoms with Gasteiger partial charge in [0.15, 0.2) is 0 Å². The van der Waals surface area contributed by atoms with E-state index in [1.807, 2.05) is 43.3 Å². The minimum Gasteiger partial charge on any atom is -0.496 e. The van der Waals surface area contributed by atoms with Crippen molar-refractivity contribution < 1.29 is 4.74 Å². The minimum absolute atomic E-state index is 0.686. The summed E-state index contributed by atoms with van der Waals surface area (Å²) in [4.78, 5) is 8.55. The second-order valence-corrected chi connectivity index (χ2v) is 4.81. The van der Waals surface area contributed by atoms with Crippen LogP contribution in [0, 0.1) is 6.92 Å². The number of aryl methyl sites for hydroxylation is 1. The number of nitrogen functional groups attached to an aromatic ring is 1. The Morgan fingerprint density at radius 3 is 2.71 bits per heavy atom. The summed E-state index contributed by atoms with van der Waals surface area (Å²) >= 11 is 0. The van der Waals surface area contributed by atoms with Gasteiger partial charge in [0.1, 0.15) is 17.9 Å². The highest BCUT2D eigenvalue weighted by molar-refractivity contribution is 5.92. The zero-order valence-electron chi connectivity index (χ0n) is 11.9. The highest BCUT2D eigenvalue weighted by Gasteiger charge is 2.06. The van der Waals surface area contributed by atoms with Gasteiger partial charge in [0, 0.05) is 16.8 Å². The van der Waals surface area contributed by atoms with Gasteiger partial charge in [0.2, 0.25) is 0 Å². The van der Waals surface area contributed by atoms with E-state index >= 15 is 0 Å². The fourth-order valence-electron chi connectivity index (χ4n) is 2.27. The van der Waals surface area contributed by atoms with Gasteiger partial charge >= 0.3 is 0 Å². The number of nitrogens with one attached hydrogen (secondary N) is 1. The van der Waals surface area contributed by atoms with Crippen LogP contribution < -0.4 is 15.8 Å². The fourth-order valence-corrected chi connectivity index (χ4v) is 2.27. The van der Waals surface area contributed by atoms with E-state index in [2.05, 4.69) is 15.3 Å². The maximum Gasteiger partial charge on any atom is 0.141 e. The van der Waals surface area contributed by atoms with Crippen molar-refractivity contribution in [3.05, 3.63) is 48.3 Å². The van der Waals surface area contributed by atoms with Crippen LogP contribution in [0.15, 0.2) is 42.7 Å². The van der Waals surface area contributed by atoms with E-state index in [1.165, 1.54) is 6.33 Å². The first kappa shape index (κ1) is 13.2. The first-order valence-corrected chi connectivity index (χ1v) is 6.59. The minimum atomic E-state index is 0.686. The molecule has 0 unspecified atom stereocenters. The third-order valence-electron chi connectivity index (χ3n) is 3.32. The number of fused-ring (bicyclic) bond motifs is 1. The SMILES string of the molecule is COc1ccc(Nc2ncnc3ccc(N)cc23)cc1C. The van der Waals surface area contributed by atoms with Crippen molar-refractivity contribution in [3.8, 4) is 5.75 Å². The quantitative estimate of drug-likeness (QED) is 0.720. The summed E-state index contributed by atoms with van der Waals surface area (Å²) < 4.78 is 5.27. The summed E-state index contributed by atoms with van der Waals surface area (Å²) in [6, 6.07) is 11.5. The number of rotatable bonds is 3. The number of hydrogen-bond acceptors (Lipinski definition) is 5. The molecule has 1 heterocycles. The van der Waals surface area contributed by atoms with E-state index in [1.54, 1.807) is 7.11 Å². The number of nitrogens with two attached hydrogens (primary N) is 1. The van der Waals surface area contributed by atoms with Crippen molar-refractivity contribution in [2.45, 2.75) is 6.92 Å². The molecule has 3 aromatic rings. The van der Waals surface area contributed by atoms with Crippen molar-refractivity contribution in [1.29, 1.82) is 0 Å². The van der Waals surface area contributed by atoms with E-state index in [9.17, 15) is 0 Å². The van der Waals surface area contributed by atoms with Crippen molar-refractivity contribution in [1.82, 2.24) is 9.97 Å². The van der Waals surface area contributed by atoms with Crippen LogP contribution in [-0.2, 0) is 0 Å². The van der Waals surface area contributed by atoms with Crippen LogP contribution in [0.3, 0.4) is 0 Å². The third-order valence-corrected chi connectivity index (χ3v) is 3.32. The normalized spacial score (nSPS) is 10.6. The van der Waals surface area contributed by atoms with Crippen molar-refractivity contribution in [2.75, 3.05) is 18.2 Å². The van der Waals surface area contributed by atoms with Crippen molar-refractivity contribution in [3.63, 3.8) is 0 Å². The molecule has 0 atom stereocenters. The fraction of sp³-hybridized carbons (Fsp3) is 0.125. The van der Waals surface area contributed by atoms with Crippen LogP contribution in [0.1, 0.15) is 5.56 Å². The molecule has 0 saturated heterocycles. The number of anilines is 3. The lowest BCUT2D eigenvalue weighted by atomic mass is 10.2. The smallest absolute Gasteiger partial charge is 0.141 e. The van der Waals surface area contributed by atoms with Gasteiger partial charge in [0.25, 0.3) is 0 Å². The summed E-state index contributed by atoms with van der Waals surface area (Å²) in [5.41, 5.74) is 9.38. The van der Waals surface area contributed by atoms with Gasteiger partial charge in [-0.05, 0) is 48.9 Å². The molecule has 0 radical (unpaired) electrons. The average molecular weight is 280 g/mol. The topological polar surface area (TPSA) is 73.1 Å². The highest BCUT2D eigenvalue weighted by atomic mass is 16.5. The van der Waals surface area contributed by atoms with E-state index in [-0.39, 0.29) is 0 Å². The number of benzene rings is 2. The van der Waals surface area contributed by atoms with E-state index in [0.29, 0.717) is 5.69 Å². The molecule has 5 heteroatoms. The zero-order valence-corrected chi connectivity index (χ0v) is 11.9. The maximum atomic E-state index is 5.85. The lowest BCUT2D eigenvalue weighted by Crippen LogP contribution is -1.97. The Balaban J connectivity index is 2.01. The molecule has 0 aliphatic carbocycles. The lowest BCUT2D eigenvalue weighted by molar-refractivity contribution is 0.412. The van der Waals surface area contributed by atoms with Crippen LogP contribution in [0.25, 0.3) is 10.9 Å². The second-order valence-electron chi connectivity index (χ2n) is 4.81. The second kappa shape index (κ2) is 5.28. The molecular formula is C16H16N4O. The molecule has 0 spiro atoms. The largest absolute Gasteiger partial charge is 0.496 e.